The Balaban J connectivity index is 1.64. The summed E-state index contributed by atoms with van der Waals surface area (Å²) in [5.41, 5.74) is 4.20. The van der Waals surface area contributed by atoms with Crippen molar-refractivity contribution in [3.63, 3.8) is 0 Å². The fourth-order valence-corrected chi connectivity index (χ4v) is 7.58. The highest BCUT2D eigenvalue weighted by atomic mass is 16.6. The highest BCUT2D eigenvalue weighted by Crippen LogP contribution is 2.68. The molecule has 0 bridgehead atoms. The Labute approximate surface area is 244 Å². The number of hydrogen-bond acceptors (Lipinski definition) is 6. The topological polar surface area (TPSA) is 148 Å². The lowest BCUT2D eigenvalue weighted by Crippen LogP contribution is -2.64. The van der Waals surface area contributed by atoms with E-state index >= 15 is 0 Å². The predicted octanol–water partition coefficient (Wildman–Crippen LogP) is 3.31. The molecule has 1 aliphatic heterocycles. The minimum atomic E-state index is -1.07. The van der Waals surface area contributed by atoms with E-state index in [1.165, 1.54) is 0 Å². The summed E-state index contributed by atoms with van der Waals surface area (Å²) in [6, 6.07) is -2.66. The maximum atomic E-state index is 14.5. The Hall–Kier alpha value is -2.65. The van der Waals surface area contributed by atoms with Gasteiger partial charge in [-0.05, 0) is 74.5 Å². The minimum Gasteiger partial charge on any atom is -0.444 e. The van der Waals surface area contributed by atoms with E-state index in [0.29, 0.717) is 13.0 Å². The number of Topliss-reactive ketones (excluding diaryl/α,β-unsaturated/α-hetero) is 1. The van der Waals surface area contributed by atoms with E-state index in [-0.39, 0.29) is 40.4 Å². The number of hydrogen-bond donors (Lipinski definition) is 3. The van der Waals surface area contributed by atoms with Gasteiger partial charge in [0.15, 0.2) is 0 Å². The Bertz CT molecular complexity index is 1070. The summed E-state index contributed by atoms with van der Waals surface area (Å²) in [5, 5.41) is 5.72. The molecule has 0 aromatic heterocycles. The largest absolute Gasteiger partial charge is 0.444 e. The summed E-state index contributed by atoms with van der Waals surface area (Å²) >= 11 is 0. The summed E-state index contributed by atoms with van der Waals surface area (Å²) in [6.07, 6.45) is 6.23. The number of nitrogens with one attached hydrogen (secondary N) is 2. The van der Waals surface area contributed by atoms with Crippen LogP contribution in [-0.4, -0.2) is 64.8 Å². The monoisotopic (exact) mass is 574 g/mol. The standard InChI is InChI=1S/C31H50N4O6/c1-29(2,3)41-28(40)34-22(18-11-9-8-10-12-18)27(39)35-16-19-21(31(6,7)30(19,4)5)23(35)26(38)33-20(15-17-13-14-17)24(36)25(32)37/h17-23H,8-16H2,1-7H3,(H2,32,37)(H,33,38)(H,34,40)/t19-,20?,21-,22+,23+/m1/s1. The second kappa shape index (κ2) is 11.2. The van der Waals surface area contributed by atoms with Gasteiger partial charge in [-0.1, -0.05) is 59.8 Å². The molecule has 0 spiro atoms. The van der Waals surface area contributed by atoms with Crippen molar-refractivity contribution in [3.05, 3.63) is 0 Å². The number of rotatable bonds is 9. The molecule has 1 unspecified atom stereocenters. The molecule has 41 heavy (non-hydrogen) atoms. The van der Waals surface area contributed by atoms with Gasteiger partial charge in [0.05, 0.1) is 6.04 Å². The Morgan fingerprint density at radius 3 is 2.07 bits per heavy atom. The first kappa shape index (κ1) is 31.3. The van der Waals surface area contributed by atoms with E-state index in [0.717, 1.165) is 44.9 Å². The molecule has 0 aromatic rings. The molecular weight excluding hydrogens is 524 g/mol. The smallest absolute Gasteiger partial charge is 0.408 e. The lowest BCUT2D eigenvalue weighted by Gasteiger charge is -2.63. The van der Waals surface area contributed by atoms with Gasteiger partial charge in [-0.3, -0.25) is 19.2 Å². The second-order valence-corrected chi connectivity index (χ2v) is 15.0. The molecule has 1 heterocycles. The third-order valence-electron chi connectivity index (χ3n) is 10.7. The van der Waals surface area contributed by atoms with Gasteiger partial charge >= 0.3 is 6.09 Å². The van der Waals surface area contributed by atoms with Gasteiger partial charge in [0, 0.05) is 6.54 Å². The molecule has 4 aliphatic rings. The van der Waals surface area contributed by atoms with Crippen LogP contribution >= 0.6 is 0 Å². The third-order valence-corrected chi connectivity index (χ3v) is 10.7. The van der Waals surface area contributed by atoms with Crippen LogP contribution in [0.5, 0.6) is 0 Å². The Kier molecular flexibility index (Phi) is 8.56. The van der Waals surface area contributed by atoms with Gasteiger partial charge in [-0.15, -0.1) is 0 Å². The summed E-state index contributed by atoms with van der Waals surface area (Å²) in [5.74, 6) is -2.47. The van der Waals surface area contributed by atoms with Crippen molar-refractivity contribution in [3.8, 4) is 0 Å². The maximum Gasteiger partial charge on any atom is 0.408 e. The fourth-order valence-electron chi connectivity index (χ4n) is 7.58. The normalized spacial score (nSPS) is 28.5. The van der Waals surface area contributed by atoms with E-state index in [9.17, 15) is 24.0 Å². The molecule has 3 aliphatic carbocycles. The summed E-state index contributed by atoms with van der Waals surface area (Å²) in [7, 11) is 0. The molecule has 4 fully saturated rings. The summed E-state index contributed by atoms with van der Waals surface area (Å²) < 4.78 is 5.53. The van der Waals surface area contributed by atoms with E-state index in [2.05, 4.69) is 38.3 Å². The molecule has 1 saturated heterocycles. The number of primary amides is 1. The average molecular weight is 575 g/mol. The summed E-state index contributed by atoms with van der Waals surface area (Å²) in [6.45, 7) is 14.3. The predicted molar refractivity (Wildman–Crippen MR) is 153 cm³/mol. The van der Waals surface area contributed by atoms with Crippen LogP contribution in [0, 0.1) is 34.5 Å². The number of nitrogens with two attached hydrogens (primary N) is 1. The molecule has 4 N–H and O–H groups in total. The molecule has 3 saturated carbocycles. The van der Waals surface area contributed by atoms with Crippen LogP contribution in [-0.2, 0) is 23.9 Å². The number of amides is 4. The van der Waals surface area contributed by atoms with E-state index in [1.807, 2.05) is 0 Å². The molecule has 4 amide bonds. The van der Waals surface area contributed by atoms with Crippen LogP contribution in [0.4, 0.5) is 4.79 Å². The van der Waals surface area contributed by atoms with E-state index in [4.69, 9.17) is 10.5 Å². The lowest BCUT2D eigenvalue weighted by atomic mass is 9.40. The van der Waals surface area contributed by atoms with Crippen molar-refractivity contribution in [1.82, 2.24) is 15.5 Å². The Morgan fingerprint density at radius 2 is 1.54 bits per heavy atom. The number of carbonyl (C=O) groups excluding carboxylic acids is 5. The van der Waals surface area contributed by atoms with Crippen LogP contribution in [0.2, 0.25) is 0 Å². The number of likely N-dealkylation sites (tertiary alicyclic amines) is 1. The first-order valence-electron chi connectivity index (χ1n) is 15.4. The molecular formula is C31H50N4O6. The lowest BCUT2D eigenvalue weighted by molar-refractivity contribution is -0.161. The average Bonchev–Trinajstić information content (AvgIpc) is 3.60. The van der Waals surface area contributed by atoms with Crippen molar-refractivity contribution in [2.45, 2.75) is 124 Å². The van der Waals surface area contributed by atoms with Gasteiger partial charge in [0.2, 0.25) is 17.6 Å². The van der Waals surface area contributed by atoms with Crippen molar-refractivity contribution >= 4 is 29.6 Å². The van der Waals surface area contributed by atoms with Gasteiger partial charge < -0.3 is 26.0 Å². The molecule has 5 atom stereocenters. The maximum absolute atomic E-state index is 14.5. The first-order chi connectivity index (χ1) is 19.0. The number of nitrogens with zero attached hydrogens (tertiary/aromatic N) is 1. The van der Waals surface area contributed by atoms with Crippen molar-refractivity contribution in [2.75, 3.05) is 6.54 Å². The quantitative estimate of drug-likeness (QED) is 0.360. The van der Waals surface area contributed by atoms with Gasteiger partial charge in [0.25, 0.3) is 5.91 Å². The SMILES string of the molecule is CC(C)(C)OC(=O)N[C@H](C(=O)N1C[C@@H]2[C@H]([C@H]1C(=O)NC(CC1CC1)C(=O)C(N)=O)C(C)(C)C2(C)C)C1CCCCC1. The highest BCUT2D eigenvalue weighted by molar-refractivity contribution is 6.37. The van der Waals surface area contributed by atoms with Gasteiger partial charge in [-0.25, -0.2) is 4.79 Å². The van der Waals surface area contributed by atoms with Gasteiger partial charge in [0.1, 0.15) is 17.7 Å². The van der Waals surface area contributed by atoms with Crippen LogP contribution in [0.25, 0.3) is 0 Å². The van der Waals surface area contributed by atoms with E-state index < -0.39 is 47.4 Å². The minimum absolute atomic E-state index is 0.0641. The van der Waals surface area contributed by atoms with Crippen molar-refractivity contribution in [1.29, 1.82) is 0 Å². The molecule has 0 radical (unpaired) electrons. The molecule has 0 aromatic carbocycles. The number of carbonyl (C=O) groups is 5. The molecule has 10 heteroatoms. The van der Waals surface area contributed by atoms with Crippen LogP contribution in [0.15, 0.2) is 0 Å². The number of ether oxygens (including phenoxy) is 1. The zero-order chi connectivity index (χ0) is 30.5. The zero-order valence-corrected chi connectivity index (χ0v) is 25.9. The molecule has 4 rings (SSSR count). The van der Waals surface area contributed by atoms with Crippen molar-refractivity contribution in [2.24, 2.45) is 40.2 Å². The van der Waals surface area contributed by atoms with Crippen LogP contribution < -0.4 is 16.4 Å². The molecule has 10 nitrogen and oxygen atoms in total. The summed E-state index contributed by atoms with van der Waals surface area (Å²) in [4.78, 5) is 67.6. The number of alkyl carbamates (subject to hydrolysis) is 1. The van der Waals surface area contributed by atoms with E-state index in [1.54, 1.807) is 25.7 Å². The Morgan fingerprint density at radius 1 is 0.927 bits per heavy atom. The highest BCUT2D eigenvalue weighted by Gasteiger charge is 2.70. The second-order valence-electron chi connectivity index (χ2n) is 15.0. The van der Waals surface area contributed by atoms with Crippen LogP contribution in [0.3, 0.4) is 0 Å². The number of fused-ring (bicyclic) bond motifs is 1. The fraction of sp³-hybridized carbons (Fsp3) is 0.839. The van der Waals surface area contributed by atoms with Gasteiger partial charge in [-0.2, -0.15) is 0 Å². The first-order valence-corrected chi connectivity index (χ1v) is 15.4. The third kappa shape index (κ3) is 6.26. The van der Waals surface area contributed by atoms with Crippen molar-refractivity contribution < 1.29 is 28.7 Å². The zero-order valence-electron chi connectivity index (χ0n) is 25.9. The number of ketones is 1. The van der Waals surface area contributed by atoms with Crippen LogP contribution in [0.1, 0.15) is 99.8 Å². The molecule has 230 valence electrons.